The van der Waals surface area contributed by atoms with E-state index < -0.39 is 0 Å². The van der Waals surface area contributed by atoms with E-state index in [1.54, 1.807) is 43.3 Å². The second kappa shape index (κ2) is 8.48. The molecule has 4 aromatic carbocycles. The number of hydrogen-bond acceptors (Lipinski definition) is 7. The minimum Gasteiger partial charge on any atom is -0.507 e. The van der Waals surface area contributed by atoms with E-state index in [1.165, 1.54) is 0 Å². The third-order valence-electron chi connectivity index (χ3n) is 6.98. The van der Waals surface area contributed by atoms with Gasteiger partial charge in [-0.15, -0.1) is 5.10 Å². The number of rotatable bonds is 4. The first-order valence-corrected chi connectivity index (χ1v) is 12.1. The number of para-hydroxylation sites is 1. The van der Waals surface area contributed by atoms with Crippen LogP contribution in [-0.4, -0.2) is 38.9 Å². The van der Waals surface area contributed by atoms with Crippen LogP contribution in [0.25, 0.3) is 27.8 Å². The Morgan fingerprint density at radius 1 is 0.895 bits per heavy atom. The van der Waals surface area contributed by atoms with Gasteiger partial charge in [-0.05, 0) is 35.2 Å². The Morgan fingerprint density at radius 2 is 1.71 bits per heavy atom. The van der Waals surface area contributed by atoms with Gasteiger partial charge < -0.3 is 19.3 Å². The van der Waals surface area contributed by atoms with Gasteiger partial charge in [0.05, 0.1) is 25.3 Å². The van der Waals surface area contributed by atoms with Crippen molar-refractivity contribution in [1.29, 1.82) is 0 Å². The number of phenolic OH excluding ortho intramolecular Hbond substituents is 1. The molecule has 0 amide bonds. The number of hydrogen-bond donors (Lipinski definition) is 1. The van der Waals surface area contributed by atoms with Crippen LogP contribution in [0.3, 0.4) is 0 Å². The van der Waals surface area contributed by atoms with Crippen LogP contribution in [0.4, 0.5) is 0 Å². The molecule has 1 atom stereocenters. The van der Waals surface area contributed by atoms with E-state index >= 15 is 0 Å². The van der Waals surface area contributed by atoms with Gasteiger partial charge in [-0.25, -0.2) is 14.5 Å². The lowest BCUT2D eigenvalue weighted by atomic mass is 9.82. The number of fused-ring (bicyclic) bond motifs is 6. The van der Waals surface area contributed by atoms with E-state index in [2.05, 4.69) is 34.3 Å². The molecule has 6 aromatic rings. The average molecular weight is 503 g/mol. The third-order valence-corrected chi connectivity index (χ3v) is 6.98. The Hall–Kier alpha value is -5.11. The van der Waals surface area contributed by atoms with Gasteiger partial charge in [-0.3, -0.25) is 0 Å². The summed E-state index contributed by atoms with van der Waals surface area (Å²) in [5.41, 5.74) is 3.84. The van der Waals surface area contributed by atoms with Crippen molar-refractivity contribution in [2.45, 2.75) is 5.92 Å². The van der Waals surface area contributed by atoms with Crippen molar-refractivity contribution in [3.05, 3.63) is 102 Å². The summed E-state index contributed by atoms with van der Waals surface area (Å²) < 4.78 is 19.3. The Bertz CT molecular complexity index is 1860. The molecule has 1 aliphatic heterocycles. The van der Waals surface area contributed by atoms with Crippen LogP contribution in [0.15, 0.2) is 85.2 Å². The van der Waals surface area contributed by atoms with Gasteiger partial charge in [0.25, 0.3) is 0 Å². The normalized spacial score (nSPS) is 14.1. The maximum absolute atomic E-state index is 10.4. The predicted molar refractivity (Wildman–Crippen MR) is 142 cm³/mol. The van der Waals surface area contributed by atoms with Crippen molar-refractivity contribution in [2.75, 3.05) is 14.2 Å². The number of ether oxygens (including phenoxy) is 3. The second-order valence-corrected chi connectivity index (χ2v) is 9.04. The van der Waals surface area contributed by atoms with Crippen molar-refractivity contribution < 1.29 is 19.3 Å². The Kier molecular flexibility index (Phi) is 4.94. The summed E-state index contributed by atoms with van der Waals surface area (Å²) in [6, 6.07) is 25.2. The fraction of sp³-hybridized carbons (Fsp3) is 0.100. The summed E-state index contributed by atoms with van der Waals surface area (Å²) in [5.74, 6) is 2.70. The Balaban J connectivity index is 1.52. The summed E-state index contributed by atoms with van der Waals surface area (Å²) in [7, 11) is 3.24. The number of phenols is 1. The highest BCUT2D eigenvalue weighted by molar-refractivity contribution is 5.91. The standard InChI is InChI=1S/C30H22N4O4/c1-36-23-14-12-18(15-24(23)37-2)25-21-13-11-17-7-3-4-8-19(17)27(21)38-30-26(25)29-32-28(33-34(29)16-31-30)20-9-5-6-10-22(20)35/h3-16,25,35H,1-2H3/t25-/m0/s1. The SMILES string of the molecule is COc1ccc([C@H]2c3ccc4ccccc4c3Oc3ncn4nc(-c5ccccc5O)nc4c32)cc1OC. The van der Waals surface area contributed by atoms with Gasteiger partial charge in [-0.1, -0.05) is 54.6 Å². The number of aromatic nitrogens is 4. The number of methoxy groups -OCH3 is 2. The predicted octanol–water partition coefficient (Wildman–Crippen LogP) is 5.95. The lowest BCUT2D eigenvalue weighted by molar-refractivity contribution is 0.354. The van der Waals surface area contributed by atoms with Crippen LogP contribution in [0.5, 0.6) is 28.9 Å². The second-order valence-electron chi connectivity index (χ2n) is 9.04. The van der Waals surface area contributed by atoms with Crippen molar-refractivity contribution in [3.8, 4) is 40.3 Å². The van der Waals surface area contributed by atoms with E-state index in [4.69, 9.17) is 19.2 Å². The zero-order valence-corrected chi connectivity index (χ0v) is 20.6. The quantitative estimate of drug-likeness (QED) is 0.318. The van der Waals surface area contributed by atoms with E-state index in [-0.39, 0.29) is 11.7 Å². The molecule has 0 fully saturated rings. The molecule has 0 saturated carbocycles. The molecule has 1 N–H and O–H groups in total. The van der Waals surface area contributed by atoms with Crippen LogP contribution in [0, 0.1) is 0 Å². The Labute approximate surface area is 217 Å². The van der Waals surface area contributed by atoms with E-state index in [9.17, 15) is 5.11 Å². The number of aromatic hydroxyl groups is 1. The van der Waals surface area contributed by atoms with E-state index in [0.29, 0.717) is 34.4 Å². The van der Waals surface area contributed by atoms with Gasteiger partial charge in [0.15, 0.2) is 23.0 Å². The van der Waals surface area contributed by atoms with Gasteiger partial charge >= 0.3 is 0 Å². The molecule has 7 rings (SSSR count). The summed E-state index contributed by atoms with van der Waals surface area (Å²) in [4.78, 5) is 9.51. The number of nitrogens with zero attached hydrogens (tertiary/aromatic N) is 4. The molecule has 8 heteroatoms. The highest BCUT2D eigenvalue weighted by atomic mass is 16.5. The lowest BCUT2D eigenvalue weighted by Gasteiger charge is -2.29. The highest BCUT2D eigenvalue weighted by Crippen LogP contribution is 2.51. The van der Waals surface area contributed by atoms with E-state index in [0.717, 1.165) is 33.2 Å². The molecule has 0 saturated heterocycles. The topological polar surface area (TPSA) is 91.0 Å². The average Bonchev–Trinajstić information content (AvgIpc) is 3.40. The first-order valence-electron chi connectivity index (χ1n) is 12.1. The molecular weight excluding hydrogens is 480 g/mol. The maximum Gasteiger partial charge on any atom is 0.228 e. The minimum atomic E-state index is -0.282. The molecule has 0 aliphatic carbocycles. The summed E-state index contributed by atoms with van der Waals surface area (Å²) in [6.45, 7) is 0. The van der Waals surface area contributed by atoms with E-state index in [1.807, 2.05) is 36.4 Å². The molecule has 2 aromatic heterocycles. The molecule has 186 valence electrons. The molecule has 8 nitrogen and oxygen atoms in total. The molecular formula is C30H22N4O4. The zero-order chi connectivity index (χ0) is 25.8. The molecule has 0 bridgehead atoms. The van der Waals surface area contributed by atoms with Crippen LogP contribution in [-0.2, 0) is 0 Å². The molecule has 38 heavy (non-hydrogen) atoms. The summed E-state index contributed by atoms with van der Waals surface area (Å²) in [5, 5.41) is 17.1. The van der Waals surface area contributed by atoms with Gasteiger partial charge in [0.2, 0.25) is 5.88 Å². The largest absolute Gasteiger partial charge is 0.507 e. The van der Waals surface area contributed by atoms with Crippen molar-refractivity contribution in [3.63, 3.8) is 0 Å². The third kappa shape index (κ3) is 3.27. The smallest absolute Gasteiger partial charge is 0.228 e. The minimum absolute atomic E-state index is 0.106. The van der Waals surface area contributed by atoms with Gasteiger partial charge in [0, 0.05) is 16.9 Å². The van der Waals surface area contributed by atoms with Crippen molar-refractivity contribution in [1.82, 2.24) is 19.6 Å². The van der Waals surface area contributed by atoms with Crippen LogP contribution in [0.2, 0.25) is 0 Å². The van der Waals surface area contributed by atoms with Crippen LogP contribution < -0.4 is 14.2 Å². The molecule has 0 spiro atoms. The zero-order valence-electron chi connectivity index (χ0n) is 20.6. The summed E-state index contributed by atoms with van der Waals surface area (Å²) >= 11 is 0. The van der Waals surface area contributed by atoms with Crippen LogP contribution >= 0.6 is 0 Å². The first-order chi connectivity index (χ1) is 18.7. The van der Waals surface area contributed by atoms with Crippen molar-refractivity contribution in [2.24, 2.45) is 0 Å². The van der Waals surface area contributed by atoms with Crippen LogP contribution in [0.1, 0.15) is 22.6 Å². The first kappa shape index (κ1) is 22.1. The lowest BCUT2D eigenvalue weighted by Crippen LogP contribution is -2.15. The fourth-order valence-corrected chi connectivity index (χ4v) is 5.20. The van der Waals surface area contributed by atoms with Gasteiger partial charge in [0.1, 0.15) is 17.8 Å². The molecule has 3 heterocycles. The fourth-order valence-electron chi connectivity index (χ4n) is 5.20. The highest BCUT2D eigenvalue weighted by Gasteiger charge is 2.35. The number of benzene rings is 4. The van der Waals surface area contributed by atoms with Crippen molar-refractivity contribution >= 4 is 16.4 Å². The van der Waals surface area contributed by atoms with Gasteiger partial charge in [-0.2, -0.15) is 0 Å². The molecule has 1 aliphatic rings. The monoisotopic (exact) mass is 502 g/mol. The summed E-state index contributed by atoms with van der Waals surface area (Å²) in [6.07, 6.45) is 1.59. The molecule has 0 unspecified atom stereocenters. The maximum atomic E-state index is 10.4. The molecule has 0 radical (unpaired) electrons. The Morgan fingerprint density at radius 3 is 2.55 bits per heavy atom.